The Morgan fingerprint density at radius 2 is 1.83 bits per heavy atom. The van der Waals surface area contributed by atoms with Gasteiger partial charge in [0.05, 0.1) is 19.5 Å². The number of ether oxygens (including phenoxy) is 2. The van der Waals surface area contributed by atoms with E-state index in [1.165, 1.54) is 4.90 Å². The van der Waals surface area contributed by atoms with E-state index in [0.29, 0.717) is 0 Å². The molecule has 0 radical (unpaired) electrons. The second-order valence-corrected chi connectivity index (χ2v) is 6.88. The molecule has 1 aliphatic heterocycles. The van der Waals surface area contributed by atoms with Crippen LogP contribution in [0.3, 0.4) is 0 Å². The summed E-state index contributed by atoms with van der Waals surface area (Å²) in [4.78, 5) is 25.0. The summed E-state index contributed by atoms with van der Waals surface area (Å²) in [6, 6.07) is 9.32. The Kier molecular flexibility index (Phi) is 4.94. The van der Waals surface area contributed by atoms with Crippen LogP contribution in [0.5, 0.6) is 0 Å². The molecule has 1 heterocycles. The first-order valence-electron chi connectivity index (χ1n) is 7.57. The van der Waals surface area contributed by atoms with Gasteiger partial charge in [0.2, 0.25) is 0 Å². The van der Waals surface area contributed by atoms with Gasteiger partial charge in [-0.25, -0.2) is 4.79 Å². The summed E-state index contributed by atoms with van der Waals surface area (Å²) in [5, 5.41) is 10.2. The molecule has 2 rings (SSSR count). The molecule has 0 bridgehead atoms. The fourth-order valence-electron chi connectivity index (χ4n) is 2.29. The Balaban J connectivity index is 1.74. The lowest BCUT2D eigenvalue weighted by molar-refractivity contribution is -0.159. The zero-order valence-corrected chi connectivity index (χ0v) is 13.7. The Morgan fingerprint density at radius 3 is 2.39 bits per heavy atom. The van der Waals surface area contributed by atoms with Crippen molar-refractivity contribution in [2.75, 3.05) is 13.1 Å². The van der Waals surface area contributed by atoms with Gasteiger partial charge in [-0.2, -0.15) is 0 Å². The van der Waals surface area contributed by atoms with E-state index < -0.39 is 23.3 Å². The monoisotopic (exact) mass is 321 g/mol. The standard InChI is InChI=1S/C17H23NO5/c1-16(2,3)23-15(20)18-11-17(21,12-18)9-14(19)22-10-13-7-5-4-6-8-13/h4-8,21H,9-12H2,1-3H3. The Bertz CT molecular complexity index is 558. The number of amides is 1. The van der Waals surface area contributed by atoms with E-state index in [1.807, 2.05) is 30.3 Å². The van der Waals surface area contributed by atoms with Crippen molar-refractivity contribution in [1.82, 2.24) is 4.90 Å². The van der Waals surface area contributed by atoms with E-state index >= 15 is 0 Å². The number of benzene rings is 1. The van der Waals surface area contributed by atoms with Gasteiger partial charge in [-0.1, -0.05) is 30.3 Å². The fourth-order valence-corrected chi connectivity index (χ4v) is 2.29. The summed E-state index contributed by atoms with van der Waals surface area (Å²) in [6.45, 7) is 5.64. The molecule has 0 spiro atoms. The van der Waals surface area contributed by atoms with E-state index in [4.69, 9.17) is 9.47 Å². The number of nitrogens with zero attached hydrogens (tertiary/aromatic N) is 1. The number of likely N-dealkylation sites (tertiary alicyclic amines) is 1. The summed E-state index contributed by atoms with van der Waals surface area (Å²) >= 11 is 0. The molecule has 1 aromatic rings. The van der Waals surface area contributed by atoms with Gasteiger partial charge in [-0.3, -0.25) is 4.79 Å². The number of carbonyl (C=O) groups is 2. The van der Waals surface area contributed by atoms with Crippen molar-refractivity contribution in [3.8, 4) is 0 Å². The molecule has 0 saturated carbocycles. The lowest BCUT2D eigenvalue weighted by atomic mass is 9.91. The molecule has 1 amide bonds. The van der Waals surface area contributed by atoms with E-state index in [-0.39, 0.29) is 26.1 Å². The first-order chi connectivity index (χ1) is 10.7. The summed E-state index contributed by atoms with van der Waals surface area (Å²) in [5.74, 6) is -0.486. The van der Waals surface area contributed by atoms with Crippen LogP contribution in [0, 0.1) is 0 Å². The number of esters is 1. The third kappa shape index (κ3) is 5.25. The van der Waals surface area contributed by atoms with Crippen LogP contribution in [0.1, 0.15) is 32.8 Å². The van der Waals surface area contributed by atoms with Crippen molar-refractivity contribution in [2.45, 2.75) is 45.0 Å². The van der Waals surface area contributed by atoms with Crippen molar-refractivity contribution >= 4 is 12.1 Å². The van der Waals surface area contributed by atoms with Crippen LogP contribution in [0.2, 0.25) is 0 Å². The topological polar surface area (TPSA) is 76.1 Å². The third-order valence-electron chi connectivity index (χ3n) is 3.34. The van der Waals surface area contributed by atoms with E-state index in [1.54, 1.807) is 20.8 Å². The molecule has 0 aliphatic carbocycles. The Morgan fingerprint density at radius 1 is 1.22 bits per heavy atom. The quantitative estimate of drug-likeness (QED) is 0.860. The van der Waals surface area contributed by atoms with Crippen molar-refractivity contribution in [1.29, 1.82) is 0 Å². The highest BCUT2D eigenvalue weighted by molar-refractivity contribution is 5.73. The predicted octanol–water partition coefficient (Wildman–Crippen LogP) is 2.10. The molecule has 0 atom stereocenters. The summed E-state index contributed by atoms with van der Waals surface area (Å²) in [7, 11) is 0. The van der Waals surface area contributed by atoms with E-state index in [9.17, 15) is 14.7 Å². The maximum atomic E-state index is 11.8. The number of aliphatic hydroxyl groups is 1. The summed E-state index contributed by atoms with van der Waals surface area (Å²) in [6.07, 6.45) is -0.626. The Hall–Kier alpha value is -2.08. The Labute approximate surface area is 136 Å². The number of hydrogen-bond acceptors (Lipinski definition) is 5. The largest absolute Gasteiger partial charge is 0.461 e. The number of carbonyl (C=O) groups excluding carboxylic acids is 2. The van der Waals surface area contributed by atoms with Crippen LogP contribution in [0.15, 0.2) is 30.3 Å². The molecule has 0 aromatic heterocycles. The predicted molar refractivity (Wildman–Crippen MR) is 83.6 cm³/mol. The van der Waals surface area contributed by atoms with Gasteiger partial charge in [0.1, 0.15) is 17.8 Å². The zero-order valence-electron chi connectivity index (χ0n) is 13.7. The van der Waals surface area contributed by atoms with Crippen LogP contribution >= 0.6 is 0 Å². The van der Waals surface area contributed by atoms with Crippen LogP contribution in [-0.4, -0.2) is 46.4 Å². The van der Waals surface area contributed by atoms with Crippen LogP contribution in [-0.2, 0) is 20.9 Å². The number of β-amino-alcohol motifs (C(OH)–C–C–N with tert-alkyl or cyclic N) is 1. The maximum absolute atomic E-state index is 11.8. The van der Waals surface area contributed by atoms with E-state index in [2.05, 4.69) is 0 Å². The lowest BCUT2D eigenvalue weighted by Crippen LogP contribution is -2.64. The highest BCUT2D eigenvalue weighted by atomic mass is 16.6. The van der Waals surface area contributed by atoms with Gasteiger partial charge in [-0.05, 0) is 26.3 Å². The summed E-state index contributed by atoms with van der Waals surface area (Å²) < 4.78 is 10.3. The smallest absolute Gasteiger partial charge is 0.410 e. The second kappa shape index (κ2) is 6.58. The van der Waals surface area contributed by atoms with Crippen molar-refractivity contribution in [3.05, 3.63) is 35.9 Å². The minimum absolute atomic E-state index is 0.0718. The van der Waals surface area contributed by atoms with Crippen molar-refractivity contribution in [3.63, 3.8) is 0 Å². The normalized spacial score (nSPS) is 16.4. The SMILES string of the molecule is CC(C)(C)OC(=O)N1CC(O)(CC(=O)OCc2ccccc2)C1. The van der Waals surface area contributed by atoms with Gasteiger partial charge < -0.3 is 19.5 Å². The third-order valence-corrected chi connectivity index (χ3v) is 3.34. The molecule has 1 aliphatic rings. The maximum Gasteiger partial charge on any atom is 0.410 e. The van der Waals surface area contributed by atoms with Crippen molar-refractivity contribution in [2.24, 2.45) is 0 Å². The fraction of sp³-hybridized carbons (Fsp3) is 0.529. The minimum Gasteiger partial charge on any atom is -0.461 e. The number of hydrogen-bond donors (Lipinski definition) is 1. The molecule has 126 valence electrons. The van der Waals surface area contributed by atoms with Crippen LogP contribution in [0.25, 0.3) is 0 Å². The molecular weight excluding hydrogens is 298 g/mol. The minimum atomic E-state index is -1.23. The van der Waals surface area contributed by atoms with Gasteiger partial charge in [0.15, 0.2) is 0 Å². The van der Waals surface area contributed by atoms with E-state index in [0.717, 1.165) is 5.56 Å². The second-order valence-electron chi connectivity index (χ2n) is 6.88. The zero-order chi connectivity index (χ0) is 17.1. The molecule has 23 heavy (non-hydrogen) atoms. The molecule has 6 heteroatoms. The van der Waals surface area contributed by atoms with Gasteiger partial charge in [0, 0.05) is 0 Å². The molecule has 1 saturated heterocycles. The molecule has 1 N–H and O–H groups in total. The average Bonchev–Trinajstić information content (AvgIpc) is 2.41. The van der Waals surface area contributed by atoms with Gasteiger partial charge in [-0.15, -0.1) is 0 Å². The first-order valence-corrected chi connectivity index (χ1v) is 7.57. The van der Waals surface area contributed by atoms with Crippen LogP contribution in [0.4, 0.5) is 4.79 Å². The van der Waals surface area contributed by atoms with Gasteiger partial charge >= 0.3 is 12.1 Å². The van der Waals surface area contributed by atoms with Crippen LogP contribution < -0.4 is 0 Å². The first kappa shape index (κ1) is 17.3. The van der Waals surface area contributed by atoms with Crippen molar-refractivity contribution < 1.29 is 24.2 Å². The molecule has 1 fully saturated rings. The highest BCUT2D eigenvalue weighted by Gasteiger charge is 2.46. The average molecular weight is 321 g/mol. The number of rotatable bonds is 4. The molecular formula is C17H23NO5. The molecule has 1 aromatic carbocycles. The molecule has 0 unspecified atom stereocenters. The molecule has 6 nitrogen and oxygen atoms in total. The lowest BCUT2D eigenvalue weighted by Gasteiger charge is -2.45. The summed E-state index contributed by atoms with van der Waals surface area (Å²) in [5.41, 5.74) is -0.929. The van der Waals surface area contributed by atoms with Gasteiger partial charge in [0.25, 0.3) is 0 Å². The highest BCUT2D eigenvalue weighted by Crippen LogP contribution is 2.27.